The predicted octanol–water partition coefficient (Wildman–Crippen LogP) is 4.68. The van der Waals surface area contributed by atoms with Crippen molar-refractivity contribution in [3.63, 3.8) is 0 Å². The van der Waals surface area contributed by atoms with Gasteiger partial charge in [0.2, 0.25) is 0 Å². The molecule has 0 unspecified atom stereocenters. The molecule has 0 aliphatic rings. The highest BCUT2D eigenvalue weighted by atomic mass is 32.1. The van der Waals surface area contributed by atoms with Crippen LogP contribution in [0.2, 0.25) is 0 Å². The van der Waals surface area contributed by atoms with Crippen LogP contribution in [0.4, 0.5) is 0 Å². The van der Waals surface area contributed by atoms with Crippen LogP contribution < -0.4 is 10.3 Å². The Morgan fingerprint density at radius 2 is 1.86 bits per heavy atom. The number of nitrogens with zero attached hydrogens (tertiary/aromatic N) is 1. The van der Waals surface area contributed by atoms with Crippen LogP contribution in [0.1, 0.15) is 39.7 Å². The molecule has 0 bridgehead atoms. The number of H-pyrrole nitrogens is 1. The van der Waals surface area contributed by atoms with E-state index in [0.717, 1.165) is 21.2 Å². The van der Waals surface area contributed by atoms with Gasteiger partial charge in [0, 0.05) is 4.88 Å². The average Bonchev–Trinajstić information content (AvgIpc) is 3.00. The highest BCUT2D eigenvalue weighted by Crippen LogP contribution is 2.29. The number of benzene rings is 2. The lowest BCUT2D eigenvalue weighted by atomic mass is 10.1. The summed E-state index contributed by atoms with van der Waals surface area (Å²) in [6.07, 6.45) is -0.724. The fourth-order valence-electron chi connectivity index (χ4n) is 3.29. The molecule has 2 heterocycles. The molecule has 0 aliphatic heterocycles. The summed E-state index contributed by atoms with van der Waals surface area (Å²) >= 11 is 1.46. The maximum Gasteiger partial charge on any atom is 0.342 e. The van der Waals surface area contributed by atoms with E-state index in [4.69, 9.17) is 9.47 Å². The second-order valence-corrected chi connectivity index (χ2v) is 8.06. The Labute approximate surface area is 171 Å². The summed E-state index contributed by atoms with van der Waals surface area (Å²) in [7, 11) is 1.51. The second-order valence-electron chi connectivity index (χ2n) is 6.86. The van der Waals surface area contributed by atoms with Crippen molar-refractivity contribution in [2.24, 2.45) is 0 Å². The molecule has 7 heteroatoms. The van der Waals surface area contributed by atoms with Crippen LogP contribution in [-0.4, -0.2) is 23.0 Å². The first kappa shape index (κ1) is 19.1. The number of aromatic nitrogens is 2. The van der Waals surface area contributed by atoms with E-state index in [9.17, 15) is 9.59 Å². The van der Waals surface area contributed by atoms with Crippen molar-refractivity contribution in [2.45, 2.75) is 26.9 Å². The van der Waals surface area contributed by atoms with Gasteiger partial charge in [-0.2, -0.15) is 0 Å². The lowest BCUT2D eigenvalue weighted by Crippen LogP contribution is -2.17. The molecule has 1 N–H and O–H groups in total. The van der Waals surface area contributed by atoms with Gasteiger partial charge in [0.25, 0.3) is 5.56 Å². The van der Waals surface area contributed by atoms with Crippen LogP contribution in [-0.2, 0) is 4.74 Å². The predicted molar refractivity (Wildman–Crippen MR) is 114 cm³/mol. The Balaban J connectivity index is 1.67. The van der Waals surface area contributed by atoms with Crippen molar-refractivity contribution in [1.82, 2.24) is 9.97 Å². The second kappa shape index (κ2) is 7.33. The van der Waals surface area contributed by atoms with Crippen LogP contribution in [0, 0.1) is 13.8 Å². The molecular formula is C22H20N2O4S. The number of thiophene rings is 1. The van der Waals surface area contributed by atoms with Crippen LogP contribution in [0.3, 0.4) is 0 Å². The number of nitrogens with one attached hydrogen (secondary N) is 1. The minimum Gasteiger partial charge on any atom is -0.496 e. The van der Waals surface area contributed by atoms with E-state index >= 15 is 0 Å². The van der Waals surface area contributed by atoms with Crippen molar-refractivity contribution in [3.8, 4) is 5.75 Å². The molecule has 0 saturated heterocycles. The molecule has 0 saturated carbocycles. The van der Waals surface area contributed by atoms with E-state index in [-0.39, 0.29) is 5.56 Å². The van der Waals surface area contributed by atoms with Crippen LogP contribution in [0.5, 0.6) is 5.75 Å². The van der Waals surface area contributed by atoms with Crippen molar-refractivity contribution in [3.05, 3.63) is 68.6 Å². The van der Waals surface area contributed by atoms with Crippen molar-refractivity contribution < 1.29 is 14.3 Å². The number of hydrogen-bond donors (Lipinski definition) is 1. The van der Waals surface area contributed by atoms with Gasteiger partial charge in [-0.05, 0) is 49.2 Å². The van der Waals surface area contributed by atoms with Gasteiger partial charge < -0.3 is 14.5 Å². The number of hydrogen-bond acceptors (Lipinski definition) is 6. The number of carbonyl (C=O) groups is 1. The topological polar surface area (TPSA) is 81.3 Å². The number of aryl methyl sites for hydroxylation is 2. The lowest BCUT2D eigenvalue weighted by Gasteiger charge is -2.15. The number of aromatic amines is 1. The monoisotopic (exact) mass is 408 g/mol. The van der Waals surface area contributed by atoms with Crippen LogP contribution in [0.15, 0.2) is 41.2 Å². The summed E-state index contributed by atoms with van der Waals surface area (Å²) in [6, 6.07) is 11.2. The normalized spacial score (nSPS) is 12.3. The van der Waals surface area contributed by atoms with E-state index in [1.165, 1.54) is 18.4 Å². The number of esters is 1. The molecule has 0 radical (unpaired) electrons. The maximum atomic E-state index is 12.8. The first-order valence-corrected chi connectivity index (χ1v) is 9.98. The molecule has 148 valence electrons. The molecule has 0 amide bonds. The molecule has 4 aromatic rings. The number of carbonyl (C=O) groups excluding carboxylic acids is 1. The number of fused-ring (bicyclic) bond motifs is 2. The highest BCUT2D eigenvalue weighted by Gasteiger charge is 2.21. The number of rotatable bonds is 4. The van der Waals surface area contributed by atoms with Gasteiger partial charge in [0.15, 0.2) is 11.9 Å². The maximum absolute atomic E-state index is 12.8. The van der Waals surface area contributed by atoms with Gasteiger partial charge in [-0.3, -0.25) is 4.79 Å². The third kappa shape index (κ3) is 3.38. The van der Waals surface area contributed by atoms with E-state index in [0.29, 0.717) is 27.4 Å². The van der Waals surface area contributed by atoms with Gasteiger partial charge in [0.05, 0.1) is 12.5 Å². The van der Waals surface area contributed by atoms with E-state index in [2.05, 4.69) is 9.97 Å². The van der Waals surface area contributed by atoms with Crippen molar-refractivity contribution in [1.29, 1.82) is 0 Å². The van der Waals surface area contributed by atoms with Gasteiger partial charge in [0.1, 0.15) is 16.1 Å². The van der Waals surface area contributed by atoms with Gasteiger partial charge in [-0.15, -0.1) is 11.3 Å². The zero-order valence-corrected chi connectivity index (χ0v) is 17.3. The molecular weight excluding hydrogens is 388 g/mol. The number of methoxy groups -OCH3 is 1. The van der Waals surface area contributed by atoms with Crippen molar-refractivity contribution in [2.75, 3.05) is 7.11 Å². The molecule has 2 aromatic carbocycles. The molecule has 4 rings (SSSR count). The standard InChI is InChI=1S/C22H20N2O4S/c1-11-13(3)29-21-18(11)20(25)23-19(24-21)12(2)28-22(26)16-9-14-7-5-6-8-15(14)10-17(16)27-4/h5-10,12H,1-4H3,(H,23,24,25)/t12-/m0/s1. The SMILES string of the molecule is COc1cc2ccccc2cc1C(=O)O[C@@H](C)c1nc2sc(C)c(C)c2c(=O)[nH]1. The van der Waals surface area contributed by atoms with Crippen LogP contribution in [0.25, 0.3) is 21.0 Å². The summed E-state index contributed by atoms with van der Waals surface area (Å²) in [5.74, 6) is 0.209. The highest BCUT2D eigenvalue weighted by molar-refractivity contribution is 7.18. The van der Waals surface area contributed by atoms with Crippen LogP contribution >= 0.6 is 11.3 Å². The average molecular weight is 408 g/mol. The molecule has 6 nitrogen and oxygen atoms in total. The molecule has 0 aliphatic carbocycles. The minimum atomic E-state index is -0.724. The fraction of sp³-hybridized carbons (Fsp3) is 0.227. The molecule has 2 aromatic heterocycles. The molecule has 0 fully saturated rings. The Bertz CT molecular complexity index is 1310. The summed E-state index contributed by atoms with van der Waals surface area (Å²) in [4.78, 5) is 34.3. The summed E-state index contributed by atoms with van der Waals surface area (Å²) in [5, 5.41) is 2.46. The molecule has 1 atom stereocenters. The van der Waals surface area contributed by atoms with Gasteiger partial charge in [-0.25, -0.2) is 9.78 Å². The van der Waals surface area contributed by atoms with E-state index < -0.39 is 12.1 Å². The van der Waals surface area contributed by atoms with Crippen molar-refractivity contribution >= 4 is 38.3 Å². The summed E-state index contributed by atoms with van der Waals surface area (Å²) in [6.45, 7) is 5.54. The molecule has 29 heavy (non-hydrogen) atoms. The zero-order chi connectivity index (χ0) is 20.7. The Kier molecular flexibility index (Phi) is 4.84. The fourth-order valence-corrected chi connectivity index (χ4v) is 4.33. The first-order valence-electron chi connectivity index (χ1n) is 9.16. The Morgan fingerprint density at radius 3 is 2.55 bits per heavy atom. The smallest absolute Gasteiger partial charge is 0.342 e. The summed E-state index contributed by atoms with van der Waals surface area (Å²) in [5.41, 5.74) is 1.03. The van der Waals surface area contributed by atoms with E-state index in [1.807, 2.05) is 38.1 Å². The summed E-state index contributed by atoms with van der Waals surface area (Å²) < 4.78 is 11.0. The zero-order valence-electron chi connectivity index (χ0n) is 16.5. The third-order valence-corrected chi connectivity index (χ3v) is 6.12. The Hall–Kier alpha value is -3.19. The van der Waals surface area contributed by atoms with Gasteiger partial charge >= 0.3 is 5.97 Å². The largest absolute Gasteiger partial charge is 0.496 e. The van der Waals surface area contributed by atoms with Gasteiger partial charge in [-0.1, -0.05) is 24.3 Å². The lowest BCUT2D eigenvalue weighted by molar-refractivity contribution is 0.0317. The third-order valence-electron chi connectivity index (χ3n) is 5.01. The Morgan fingerprint density at radius 1 is 1.17 bits per heavy atom. The molecule has 0 spiro atoms. The van der Waals surface area contributed by atoms with E-state index in [1.54, 1.807) is 19.1 Å². The first-order chi connectivity index (χ1) is 13.9. The number of ether oxygens (including phenoxy) is 2. The quantitative estimate of drug-likeness (QED) is 0.496. The minimum absolute atomic E-state index is 0.224.